The predicted octanol–water partition coefficient (Wildman–Crippen LogP) is 10.3. The molecule has 0 amide bonds. The van der Waals surface area contributed by atoms with Gasteiger partial charge in [-0.2, -0.15) is 10.0 Å². The highest BCUT2D eigenvalue weighted by Gasteiger charge is 2.25. The van der Waals surface area contributed by atoms with E-state index in [1.54, 1.807) is 22.7 Å². The Kier molecular flexibility index (Phi) is 8.49. The van der Waals surface area contributed by atoms with E-state index in [4.69, 9.17) is 4.98 Å². The molecule has 2 aromatic heterocycles. The molecule has 222 valence electrons. The summed E-state index contributed by atoms with van der Waals surface area (Å²) in [6.45, 7) is 2.11. The fraction of sp³-hybridized carbons (Fsp3) is 0.100. The molecule has 0 unspecified atom stereocenters. The lowest BCUT2D eigenvalue weighted by Gasteiger charge is -2.37. The minimum absolute atomic E-state index is 1.07. The van der Waals surface area contributed by atoms with Crippen LogP contribution in [0.4, 0.5) is 0 Å². The molecule has 0 fully saturated rings. The first-order valence-corrected chi connectivity index (χ1v) is 18.8. The number of rotatable bonds is 5. The van der Waals surface area contributed by atoms with E-state index in [0.29, 0.717) is 0 Å². The van der Waals surface area contributed by atoms with E-state index in [0.717, 1.165) is 28.4 Å². The number of nitrogens with zero attached hydrogens (tertiary/aromatic N) is 2. The zero-order chi connectivity index (χ0) is 30.6. The average molecular weight is 639 g/mol. The maximum Gasteiger partial charge on any atom is 0.124 e. The molecule has 5 heteroatoms. The molecule has 45 heavy (non-hydrogen) atoms. The number of aryl methyl sites for hydroxylation is 1. The quantitative estimate of drug-likeness (QED) is 0.187. The lowest BCUT2D eigenvalue weighted by atomic mass is 10.2. The monoisotopic (exact) mass is 638 g/mol. The van der Waals surface area contributed by atoms with Crippen molar-refractivity contribution < 1.29 is 0 Å². The first-order chi connectivity index (χ1) is 22.1. The van der Waals surface area contributed by atoms with Crippen molar-refractivity contribution in [3.8, 4) is 21.1 Å². The molecule has 8 rings (SSSR count). The van der Waals surface area contributed by atoms with Gasteiger partial charge in [0.15, 0.2) is 0 Å². The molecule has 1 aliphatic rings. The van der Waals surface area contributed by atoms with Gasteiger partial charge in [-0.3, -0.25) is 0 Å². The first kappa shape index (κ1) is 29.4. The molecular formula is C40H34N2S3. The molecule has 0 bridgehead atoms. The van der Waals surface area contributed by atoms with Crippen molar-refractivity contribution in [2.24, 2.45) is 0 Å². The van der Waals surface area contributed by atoms with Crippen LogP contribution >= 0.6 is 32.7 Å². The van der Waals surface area contributed by atoms with Crippen LogP contribution in [-0.2, 0) is 0 Å². The van der Waals surface area contributed by atoms with Gasteiger partial charge in [-0.05, 0) is 89.2 Å². The molecule has 5 aromatic carbocycles. The summed E-state index contributed by atoms with van der Waals surface area (Å²) >= 11 is 3.55. The second-order valence-corrected chi connectivity index (χ2v) is 16.5. The van der Waals surface area contributed by atoms with Gasteiger partial charge < -0.3 is 0 Å². The Bertz CT molecular complexity index is 2060. The van der Waals surface area contributed by atoms with Crippen LogP contribution in [0.5, 0.6) is 0 Å². The summed E-state index contributed by atoms with van der Waals surface area (Å²) < 4.78 is 2.57. The Labute approximate surface area is 274 Å². The Morgan fingerprint density at radius 2 is 1.07 bits per heavy atom. The molecule has 0 saturated heterocycles. The highest BCUT2D eigenvalue weighted by atomic mass is 32.3. The zero-order valence-electron chi connectivity index (χ0n) is 25.4. The SMILES string of the molecule is CS(c1ccccc1)(c1ccccc1)c1ccc(-c2nc3ccccc3s2)cc1.Cc1ccc(-c2nc3c(s2)=CCCC=3)cc1. The molecular weight excluding hydrogens is 605 g/mol. The van der Waals surface area contributed by atoms with E-state index in [9.17, 15) is 0 Å². The second-order valence-electron chi connectivity index (χ2n) is 11.2. The molecule has 7 aromatic rings. The molecule has 0 spiro atoms. The summed E-state index contributed by atoms with van der Waals surface area (Å²) in [5.41, 5.74) is 4.77. The Morgan fingerprint density at radius 3 is 1.69 bits per heavy atom. The minimum atomic E-state index is -1.32. The van der Waals surface area contributed by atoms with E-state index in [1.807, 2.05) is 6.07 Å². The zero-order valence-corrected chi connectivity index (χ0v) is 27.8. The van der Waals surface area contributed by atoms with E-state index in [2.05, 4.69) is 158 Å². The molecule has 0 N–H and O–H groups in total. The first-order valence-electron chi connectivity index (χ1n) is 15.2. The summed E-state index contributed by atoms with van der Waals surface area (Å²) in [7, 11) is -1.32. The molecule has 0 atom stereocenters. The van der Waals surface area contributed by atoms with E-state index < -0.39 is 10.0 Å². The van der Waals surface area contributed by atoms with Crippen molar-refractivity contribution in [2.75, 3.05) is 6.26 Å². The number of para-hydroxylation sites is 1. The summed E-state index contributed by atoms with van der Waals surface area (Å²) in [5.74, 6) is 0. The van der Waals surface area contributed by atoms with Crippen LogP contribution in [0, 0.1) is 6.92 Å². The lowest BCUT2D eigenvalue weighted by molar-refractivity contribution is 1.10. The number of hydrogen-bond acceptors (Lipinski definition) is 4. The van der Waals surface area contributed by atoms with E-state index >= 15 is 0 Å². The Hall–Kier alpha value is -4.29. The Balaban J connectivity index is 0.000000171. The number of hydrogen-bond donors (Lipinski definition) is 0. The van der Waals surface area contributed by atoms with Crippen LogP contribution < -0.4 is 9.88 Å². The van der Waals surface area contributed by atoms with Crippen LogP contribution in [0.1, 0.15) is 18.4 Å². The van der Waals surface area contributed by atoms with Crippen molar-refractivity contribution in [3.63, 3.8) is 0 Å². The maximum atomic E-state index is 4.82. The van der Waals surface area contributed by atoms with Crippen LogP contribution in [0.2, 0.25) is 0 Å². The second kappa shape index (κ2) is 13.0. The predicted molar refractivity (Wildman–Crippen MR) is 196 cm³/mol. The Morgan fingerprint density at radius 1 is 0.533 bits per heavy atom. The van der Waals surface area contributed by atoms with Crippen molar-refractivity contribution >= 4 is 55.1 Å². The van der Waals surface area contributed by atoms with Crippen LogP contribution in [0.3, 0.4) is 0 Å². The van der Waals surface area contributed by atoms with Gasteiger partial charge in [0.2, 0.25) is 0 Å². The number of fused-ring (bicyclic) bond motifs is 2. The molecule has 0 radical (unpaired) electrons. The maximum absolute atomic E-state index is 4.82. The van der Waals surface area contributed by atoms with Crippen LogP contribution in [0.25, 0.3) is 43.5 Å². The van der Waals surface area contributed by atoms with Crippen molar-refractivity contribution in [3.05, 3.63) is 149 Å². The number of aromatic nitrogens is 2. The third kappa shape index (κ3) is 6.16. The van der Waals surface area contributed by atoms with Gasteiger partial charge in [-0.1, -0.05) is 103 Å². The largest absolute Gasteiger partial charge is 0.236 e. The topological polar surface area (TPSA) is 25.8 Å². The third-order valence-electron chi connectivity index (χ3n) is 8.11. The van der Waals surface area contributed by atoms with Crippen molar-refractivity contribution in [1.29, 1.82) is 0 Å². The average Bonchev–Trinajstić information content (AvgIpc) is 3.74. The summed E-state index contributed by atoms with van der Waals surface area (Å²) in [6, 6.07) is 47.7. The van der Waals surface area contributed by atoms with Crippen molar-refractivity contribution in [1.82, 2.24) is 9.97 Å². The summed E-state index contributed by atoms with van der Waals surface area (Å²) in [4.78, 5) is 13.6. The van der Waals surface area contributed by atoms with Crippen LogP contribution in [-0.4, -0.2) is 16.2 Å². The minimum Gasteiger partial charge on any atom is -0.236 e. The fourth-order valence-corrected chi connectivity index (χ4v) is 10.5. The van der Waals surface area contributed by atoms with Gasteiger partial charge in [0.1, 0.15) is 10.0 Å². The van der Waals surface area contributed by atoms with Crippen LogP contribution in [0.15, 0.2) is 148 Å². The summed E-state index contributed by atoms with van der Waals surface area (Å²) in [6.07, 6.45) is 9.21. The van der Waals surface area contributed by atoms with Gasteiger partial charge in [-0.15, -0.1) is 22.7 Å². The highest BCUT2D eigenvalue weighted by molar-refractivity contribution is 8.33. The number of thiazole rings is 2. The third-order valence-corrected chi connectivity index (χ3v) is 14.0. The normalized spacial score (nSPS) is 12.8. The van der Waals surface area contributed by atoms with Gasteiger partial charge >= 0.3 is 0 Å². The molecule has 0 saturated carbocycles. The summed E-state index contributed by atoms with van der Waals surface area (Å²) in [5, 5.41) is 3.39. The number of benzene rings is 5. The van der Waals surface area contributed by atoms with Crippen molar-refractivity contribution in [2.45, 2.75) is 34.5 Å². The highest BCUT2D eigenvalue weighted by Crippen LogP contribution is 2.65. The molecule has 2 nitrogen and oxygen atoms in total. The van der Waals surface area contributed by atoms with Gasteiger partial charge in [0.05, 0.1) is 20.1 Å². The standard InChI is InChI=1S/C26H21NS2.C14H13NS/c1-29(21-10-4-2-5-11-21,22-12-6-3-7-13-22)23-18-16-20(17-19-23)26-27-24-14-8-9-15-25(24)28-26;1-10-6-8-11(9-7-10)14-15-12-4-2-3-5-13(12)16-14/h2-19H,1H3;4-9H,2-3H2,1H3. The molecule has 0 aliphatic heterocycles. The van der Waals surface area contributed by atoms with Gasteiger partial charge in [0.25, 0.3) is 0 Å². The fourth-order valence-electron chi connectivity index (χ4n) is 5.55. The van der Waals surface area contributed by atoms with E-state index in [-0.39, 0.29) is 0 Å². The smallest absolute Gasteiger partial charge is 0.124 e. The lowest BCUT2D eigenvalue weighted by Crippen LogP contribution is -2.22. The molecule has 1 aliphatic carbocycles. The molecule has 2 heterocycles. The van der Waals surface area contributed by atoms with Gasteiger partial charge in [0, 0.05) is 11.1 Å². The van der Waals surface area contributed by atoms with Gasteiger partial charge in [-0.25, -0.2) is 9.97 Å². The van der Waals surface area contributed by atoms with E-state index in [1.165, 1.54) is 46.0 Å².